The van der Waals surface area contributed by atoms with Gasteiger partial charge in [0.2, 0.25) is 0 Å². The molecule has 1 saturated heterocycles. The molecule has 1 atom stereocenters. The van der Waals surface area contributed by atoms with Gasteiger partial charge in [0.1, 0.15) is 11.5 Å². The average Bonchev–Trinajstić information content (AvgIpc) is 3.07. The number of aliphatic hydroxyl groups is 1. The fourth-order valence-electron chi connectivity index (χ4n) is 4.10. The molecule has 0 saturated carbocycles. The van der Waals surface area contributed by atoms with Crippen molar-refractivity contribution in [1.29, 1.82) is 0 Å². The Morgan fingerprint density at radius 3 is 2.44 bits per heavy atom. The highest BCUT2D eigenvalue weighted by atomic mass is 16.5. The van der Waals surface area contributed by atoms with Gasteiger partial charge < -0.3 is 19.6 Å². The van der Waals surface area contributed by atoms with E-state index in [4.69, 9.17) is 4.74 Å². The van der Waals surface area contributed by atoms with Gasteiger partial charge in [-0.25, -0.2) is 0 Å². The largest absolute Gasteiger partial charge is 0.507 e. The number of ether oxygens (including phenoxy) is 1. The summed E-state index contributed by atoms with van der Waals surface area (Å²) in [5.74, 6) is -0.428. The molecule has 1 amide bonds. The molecule has 34 heavy (non-hydrogen) atoms. The molecule has 2 aromatic rings. The molecule has 182 valence electrons. The number of likely N-dealkylation sites (tertiary alicyclic amines) is 1. The van der Waals surface area contributed by atoms with Crippen molar-refractivity contribution in [3.05, 3.63) is 70.8 Å². The van der Waals surface area contributed by atoms with Crippen molar-refractivity contribution < 1.29 is 19.4 Å². The Morgan fingerprint density at radius 2 is 1.82 bits per heavy atom. The molecule has 1 aliphatic rings. The number of hydrogen-bond donors (Lipinski definition) is 1. The molecule has 1 fully saturated rings. The number of benzene rings is 2. The third kappa shape index (κ3) is 5.86. The first-order valence-corrected chi connectivity index (χ1v) is 12.0. The van der Waals surface area contributed by atoms with Crippen LogP contribution in [0.15, 0.2) is 54.1 Å². The fraction of sp³-hybridized carbons (Fsp3) is 0.429. The lowest BCUT2D eigenvalue weighted by Gasteiger charge is -2.26. The van der Waals surface area contributed by atoms with E-state index in [0.717, 1.165) is 24.9 Å². The zero-order chi connectivity index (χ0) is 24.8. The number of aryl methyl sites for hydroxylation is 1. The Bertz CT molecular complexity index is 1040. The Labute approximate surface area is 202 Å². The molecule has 0 radical (unpaired) electrons. The number of ketones is 1. The first kappa shape index (κ1) is 25.5. The van der Waals surface area contributed by atoms with Crippen LogP contribution in [0.25, 0.3) is 5.76 Å². The number of carbonyl (C=O) groups excluding carboxylic acids is 2. The first-order valence-electron chi connectivity index (χ1n) is 12.0. The van der Waals surface area contributed by atoms with Gasteiger partial charge in [0.15, 0.2) is 0 Å². The quantitative estimate of drug-likeness (QED) is 0.315. The van der Waals surface area contributed by atoms with Gasteiger partial charge in [0.25, 0.3) is 11.7 Å². The summed E-state index contributed by atoms with van der Waals surface area (Å²) in [6, 6.07) is 14.3. The lowest BCUT2D eigenvalue weighted by Crippen LogP contribution is -2.32. The zero-order valence-corrected chi connectivity index (χ0v) is 20.9. The van der Waals surface area contributed by atoms with Crippen molar-refractivity contribution in [3.63, 3.8) is 0 Å². The SMILES string of the molecule is CCc1ccc(C2/C(=C(/O)c3cccc(OCC(C)C)c3)C(=O)C(=O)N2CCCN(C)C)cc1. The summed E-state index contributed by atoms with van der Waals surface area (Å²) in [5, 5.41) is 11.3. The predicted octanol–water partition coefficient (Wildman–Crippen LogP) is 4.66. The standard InChI is InChI=1S/C28H36N2O4/c1-6-20-11-13-21(14-12-20)25-24(27(32)28(33)30(25)16-8-15-29(4)5)26(31)22-9-7-10-23(17-22)34-18-19(2)3/h7,9-14,17,19,25,31H,6,8,15-16,18H2,1-5H3/b26-24-. The van der Waals surface area contributed by atoms with E-state index in [2.05, 4.69) is 20.8 Å². The Hall–Kier alpha value is -3.12. The fourth-order valence-corrected chi connectivity index (χ4v) is 4.10. The molecule has 1 aliphatic heterocycles. The molecule has 6 heteroatoms. The monoisotopic (exact) mass is 464 g/mol. The van der Waals surface area contributed by atoms with Crippen molar-refractivity contribution in [2.45, 2.75) is 39.7 Å². The van der Waals surface area contributed by atoms with Crippen molar-refractivity contribution in [1.82, 2.24) is 9.80 Å². The van der Waals surface area contributed by atoms with E-state index in [0.29, 0.717) is 30.4 Å². The topological polar surface area (TPSA) is 70.1 Å². The number of carbonyl (C=O) groups is 2. The summed E-state index contributed by atoms with van der Waals surface area (Å²) in [6.07, 6.45) is 1.62. The van der Waals surface area contributed by atoms with E-state index in [1.54, 1.807) is 23.1 Å². The summed E-state index contributed by atoms with van der Waals surface area (Å²) >= 11 is 0. The van der Waals surface area contributed by atoms with Crippen LogP contribution < -0.4 is 4.74 Å². The average molecular weight is 465 g/mol. The maximum absolute atomic E-state index is 13.2. The minimum Gasteiger partial charge on any atom is -0.507 e. The van der Waals surface area contributed by atoms with Crippen LogP contribution in [0.5, 0.6) is 5.75 Å². The molecule has 0 aliphatic carbocycles. The molecular weight excluding hydrogens is 428 g/mol. The lowest BCUT2D eigenvalue weighted by molar-refractivity contribution is -0.139. The molecule has 0 spiro atoms. The van der Waals surface area contributed by atoms with E-state index < -0.39 is 17.7 Å². The van der Waals surface area contributed by atoms with E-state index in [9.17, 15) is 14.7 Å². The molecule has 3 rings (SSSR count). The van der Waals surface area contributed by atoms with Crippen LogP contribution in [0.3, 0.4) is 0 Å². The van der Waals surface area contributed by atoms with Gasteiger partial charge in [-0.1, -0.05) is 57.2 Å². The highest BCUT2D eigenvalue weighted by Crippen LogP contribution is 2.40. The van der Waals surface area contributed by atoms with Gasteiger partial charge in [-0.3, -0.25) is 9.59 Å². The Kier molecular flexibility index (Phi) is 8.51. The van der Waals surface area contributed by atoms with Gasteiger partial charge in [-0.15, -0.1) is 0 Å². The maximum atomic E-state index is 13.2. The number of aliphatic hydroxyl groups excluding tert-OH is 1. The van der Waals surface area contributed by atoms with Crippen LogP contribution in [-0.2, 0) is 16.0 Å². The summed E-state index contributed by atoms with van der Waals surface area (Å²) in [7, 11) is 3.95. The van der Waals surface area contributed by atoms with Gasteiger partial charge in [-0.2, -0.15) is 0 Å². The van der Waals surface area contributed by atoms with Crippen molar-refractivity contribution >= 4 is 17.4 Å². The zero-order valence-electron chi connectivity index (χ0n) is 20.9. The predicted molar refractivity (Wildman–Crippen MR) is 135 cm³/mol. The normalized spacial score (nSPS) is 17.7. The van der Waals surface area contributed by atoms with Crippen molar-refractivity contribution in [2.75, 3.05) is 33.8 Å². The molecule has 0 aromatic heterocycles. The van der Waals surface area contributed by atoms with E-state index in [1.165, 1.54) is 5.56 Å². The summed E-state index contributed by atoms with van der Waals surface area (Å²) in [5.41, 5.74) is 2.57. The minimum atomic E-state index is -0.652. The molecule has 1 heterocycles. The molecular formula is C28H36N2O4. The van der Waals surface area contributed by atoms with Crippen LogP contribution in [0.4, 0.5) is 0 Å². The van der Waals surface area contributed by atoms with Gasteiger partial charge in [0.05, 0.1) is 18.2 Å². The summed E-state index contributed by atoms with van der Waals surface area (Å²) < 4.78 is 5.80. The third-order valence-corrected chi connectivity index (χ3v) is 5.94. The van der Waals surface area contributed by atoms with E-state index >= 15 is 0 Å². The second-order valence-electron chi connectivity index (χ2n) is 9.48. The molecule has 0 bridgehead atoms. The van der Waals surface area contributed by atoms with E-state index in [-0.39, 0.29) is 11.3 Å². The Balaban J connectivity index is 2.04. The van der Waals surface area contributed by atoms with Crippen LogP contribution >= 0.6 is 0 Å². The smallest absolute Gasteiger partial charge is 0.295 e. The summed E-state index contributed by atoms with van der Waals surface area (Å²) in [4.78, 5) is 29.9. The van der Waals surface area contributed by atoms with Crippen LogP contribution in [0.1, 0.15) is 49.9 Å². The number of Topliss-reactive ketones (excluding diaryl/α,β-unsaturated/α-hetero) is 1. The maximum Gasteiger partial charge on any atom is 0.295 e. The number of nitrogens with zero attached hydrogens (tertiary/aromatic N) is 2. The second kappa shape index (κ2) is 11.3. The highest BCUT2D eigenvalue weighted by molar-refractivity contribution is 6.46. The van der Waals surface area contributed by atoms with Crippen LogP contribution in [-0.4, -0.2) is 60.4 Å². The second-order valence-corrected chi connectivity index (χ2v) is 9.48. The third-order valence-electron chi connectivity index (χ3n) is 5.94. The molecule has 2 aromatic carbocycles. The lowest BCUT2D eigenvalue weighted by atomic mass is 9.94. The van der Waals surface area contributed by atoms with Crippen LogP contribution in [0.2, 0.25) is 0 Å². The Morgan fingerprint density at radius 1 is 1.12 bits per heavy atom. The van der Waals surface area contributed by atoms with Crippen molar-refractivity contribution in [2.24, 2.45) is 5.92 Å². The van der Waals surface area contributed by atoms with Gasteiger partial charge in [-0.05, 0) is 62.7 Å². The van der Waals surface area contributed by atoms with Crippen LogP contribution in [0, 0.1) is 5.92 Å². The minimum absolute atomic E-state index is 0.125. The van der Waals surface area contributed by atoms with Crippen molar-refractivity contribution in [3.8, 4) is 5.75 Å². The van der Waals surface area contributed by atoms with Gasteiger partial charge >= 0.3 is 0 Å². The molecule has 1 N–H and O–H groups in total. The number of hydrogen-bond acceptors (Lipinski definition) is 5. The summed E-state index contributed by atoms with van der Waals surface area (Å²) in [6.45, 7) is 7.97. The van der Waals surface area contributed by atoms with Gasteiger partial charge in [0, 0.05) is 12.1 Å². The highest BCUT2D eigenvalue weighted by Gasteiger charge is 2.45. The number of amides is 1. The van der Waals surface area contributed by atoms with E-state index in [1.807, 2.05) is 49.3 Å². The number of rotatable bonds is 10. The first-order chi connectivity index (χ1) is 16.2. The molecule has 6 nitrogen and oxygen atoms in total. The molecule has 1 unspecified atom stereocenters.